The summed E-state index contributed by atoms with van der Waals surface area (Å²) >= 11 is 7.30. The van der Waals surface area contributed by atoms with Crippen LogP contribution in [0.3, 0.4) is 0 Å². The number of rotatable bonds is 4. The van der Waals surface area contributed by atoms with Crippen molar-refractivity contribution in [2.45, 2.75) is 37.3 Å². The first-order valence-corrected chi connectivity index (χ1v) is 10.6. The fourth-order valence-electron chi connectivity index (χ4n) is 4.05. The van der Waals surface area contributed by atoms with Gasteiger partial charge in [0.15, 0.2) is 0 Å². The molecule has 2 fully saturated rings. The molecular weight excluding hydrogens is 370 g/mol. The summed E-state index contributed by atoms with van der Waals surface area (Å²) in [5, 5.41) is 9.13. The van der Waals surface area contributed by atoms with Crippen molar-refractivity contribution in [3.05, 3.63) is 29.3 Å². The highest BCUT2D eigenvalue weighted by molar-refractivity contribution is 7.99. The summed E-state index contributed by atoms with van der Waals surface area (Å²) in [5.74, 6) is 2.46. The van der Waals surface area contributed by atoms with Crippen molar-refractivity contribution >= 4 is 29.3 Å². The number of likely N-dealkylation sites (tertiary alicyclic amines) is 1. The molecule has 1 saturated heterocycles. The lowest BCUT2D eigenvalue weighted by Crippen LogP contribution is -2.45. The highest BCUT2D eigenvalue weighted by Gasteiger charge is 2.32. The number of halogens is 1. The molecule has 0 N–H and O–H groups in total. The monoisotopic (exact) mass is 391 g/mol. The van der Waals surface area contributed by atoms with Gasteiger partial charge >= 0.3 is 0 Å². The molecule has 26 heavy (non-hydrogen) atoms. The summed E-state index contributed by atoms with van der Waals surface area (Å²) in [5.41, 5.74) is 0.780. The number of thioether (sulfide) groups is 1. The molecule has 1 amide bonds. The second-order valence-electron chi connectivity index (χ2n) is 7.11. The summed E-state index contributed by atoms with van der Waals surface area (Å²) < 4.78 is 5.66. The van der Waals surface area contributed by atoms with E-state index in [2.05, 4.69) is 10.2 Å². The van der Waals surface area contributed by atoms with E-state index in [0.29, 0.717) is 27.8 Å². The van der Waals surface area contributed by atoms with Crippen LogP contribution in [0.5, 0.6) is 0 Å². The van der Waals surface area contributed by atoms with Crippen molar-refractivity contribution < 1.29 is 9.21 Å². The van der Waals surface area contributed by atoms with Gasteiger partial charge in [0.2, 0.25) is 11.8 Å². The second-order valence-corrected chi connectivity index (χ2v) is 8.47. The van der Waals surface area contributed by atoms with E-state index in [1.54, 1.807) is 12.1 Å². The maximum Gasteiger partial charge on any atom is 0.277 e. The van der Waals surface area contributed by atoms with Gasteiger partial charge in [-0.25, -0.2) is 0 Å². The molecule has 1 aliphatic carbocycles. The zero-order chi connectivity index (χ0) is 17.9. The van der Waals surface area contributed by atoms with Gasteiger partial charge in [0.05, 0.1) is 5.75 Å². The molecule has 1 aromatic heterocycles. The van der Waals surface area contributed by atoms with Gasteiger partial charge in [-0.1, -0.05) is 48.7 Å². The molecule has 2 heterocycles. The minimum absolute atomic E-state index is 0.168. The van der Waals surface area contributed by atoms with E-state index >= 15 is 0 Å². The normalized spacial score (nSPS) is 22.9. The first-order valence-electron chi connectivity index (χ1n) is 9.19. The predicted octanol–water partition coefficient (Wildman–Crippen LogP) is 4.52. The maximum absolute atomic E-state index is 12.6. The number of amides is 1. The molecule has 0 unspecified atom stereocenters. The number of carbonyl (C=O) groups excluding carboxylic acids is 1. The number of aromatic nitrogens is 2. The van der Waals surface area contributed by atoms with E-state index in [1.807, 2.05) is 17.0 Å². The van der Waals surface area contributed by atoms with Crippen LogP contribution in [-0.4, -0.2) is 39.8 Å². The standard InChI is InChI=1S/C19H22ClN3O2S/c20-16-7-3-6-14(10-16)18-21-22-19(25-18)26-12-17(24)23-9-8-13-4-1-2-5-15(13)11-23/h3,6-7,10,13,15H,1-2,4-5,8-9,11-12H2/t13-,15-/m0/s1. The minimum Gasteiger partial charge on any atom is -0.411 e. The number of nitrogens with zero attached hydrogens (tertiary/aromatic N) is 3. The quantitative estimate of drug-likeness (QED) is 0.717. The third-order valence-corrected chi connectivity index (χ3v) is 6.48. The first kappa shape index (κ1) is 17.9. The van der Waals surface area contributed by atoms with E-state index in [0.717, 1.165) is 31.0 Å². The fourth-order valence-corrected chi connectivity index (χ4v) is 4.90. The highest BCUT2D eigenvalue weighted by atomic mass is 35.5. The largest absolute Gasteiger partial charge is 0.411 e. The van der Waals surface area contributed by atoms with Crippen molar-refractivity contribution in [1.29, 1.82) is 0 Å². The molecular formula is C19H22ClN3O2S. The van der Waals surface area contributed by atoms with Crippen LogP contribution < -0.4 is 0 Å². The van der Waals surface area contributed by atoms with Gasteiger partial charge in [-0.3, -0.25) is 4.79 Å². The predicted molar refractivity (Wildman–Crippen MR) is 102 cm³/mol. The molecule has 1 aromatic carbocycles. The Labute approximate surface area is 162 Å². The minimum atomic E-state index is 0.168. The molecule has 1 aliphatic heterocycles. The summed E-state index contributed by atoms with van der Waals surface area (Å²) in [6, 6.07) is 7.29. The Balaban J connectivity index is 1.32. The van der Waals surface area contributed by atoms with Crippen LogP contribution in [0.1, 0.15) is 32.1 Å². The number of fused-ring (bicyclic) bond motifs is 1. The average molecular weight is 392 g/mol. The lowest BCUT2D eigenvalue weighted by Gasteiger charge is -2.41. The number of hydrogen-bond acceptors (Lipinski definition) is 5. The molecule has 0 bridgehead atoms. The van der Waals surface area contributed by atoms with E-state index in [4.69, 9.17) is 16.0 Å². The summed E-state index contributed by atoms with van der Waals surface area (Å²) in [6.07, 6.45) is 6.44. The Hall–Kier alpha value is -1.53. The molecule has 2 aromatic rings. The zero-order valence-electron chi connectivity index (χ0n) is 14.6. The Morgan fingerprint density at radius 1 is 1.23 bits per heavy atom. The van der Waals surface area contributed by atoms with Crippen molar-refractivity contribution in [2.75, 3.05) is 18.8 Å². The van der Waals surface area contributed by atoms with Crippen molar-refractivity contribution in [3.63, 3.8) is 0 Å². The van der Waals surface area contributed by atoms with Crippen LogP contribution in [0.25, 0.3) is 11.5 Å². The van der Waals surface area contributed by atoms with Crippen molar-refractivity contribution in [1.82, 2.24) is 15.1 Å². The van der Waals surface area contributed by atoms with Crippen LogP contribution in [0, 0.1) is 11.8 Å². The second kappa shape index (κ2) is 8.01. The molecule has 7 heteroatoms. The van der Waals surface area contributed by atoms with Crippen LogP contribution >= 0.6 is 23.4 Å². The Kier molecular flexibility index (Phi) is 5.50. The number of piperidine rings is 1. The Morgan fingerprint density at radius 2 is 2.08 bits per heavy atom. The maximum atomic E-state index is 12.6. The van der Waals surface area contributed by atoms with Crippen LogP contribution in [-0.2, 0) is 4.79 Å². The molecule has 4 rings (SSSR count). The van der Waals surface area contributed by atoms with Crippen LogP contribution in [0.2, 0.25) is 5.02 Å². The van der Waals surface area contributed by atoms with E-state index in [9.17, 15) is 4.79 Å². The smallest absolute Gasteiger partial charge is 0.277 e. The Morgan fingerprint density at radius 3 is 2.92 bits per heavy atom. The molecule has 2 aliphatic rings. The summed E-state index contributed by atoms with van der Waals surface area (Å²) in [6.45, 7) is 1.81. The third-order valence-electron chi connectivity index (χ3n) is 5.44. The Bertz CT molecular complexity index is 782. The van der Waals surface area contributed by atoms with Crippen molar-refractivity contribution in [2.24, 2.45) is 11.8 Å². The van der Waals surface area contributed by atoms with E-state index in [-0.39, 0.29) is 5.91 Å². The van der Waals surface area contributed by atoms with E-state index in [1.165, 1.54) is 37.4 Å². The average Bonchev–Trinajstić information content (AvgIpc) is 3.15. The van der Waals surface area contributed by atoms with Gasteiger partial charge in [-0.2, -0.15) is 0 Å². The van der Waals surface area contributed by atoms with Gasteiger partial charge in [-0.05, 0) is 42.9 Å². The summed E-state index contributed by atoms with van der Waals surface area (Å²) in [4.78, 5) is 14.6. The fraction of sp³-hybridized carbons (Fsp3) is 0.526. The number of carbonyl (C=O) groups is 1. The van der Waals surface area contributed by atoms with Gasteiger partial charge < -0.3 is 9.32 Å². The van der Waals surface area contributed by atoms with Gasteiger partial charge in [-0.15, -0.1) is 10.2 Å². The number of hydrogen-bond donors (Lipinski definition) is 0. The molecule has 0 radical (unpaired) electrons. The third kappa shape index (κ3) is 4.07. The number of benzene rings is 1. The van der Waals surface area contributed by atoms with E-state index < -0.39 is 0 Å². The topological polar surface area (TPSA) is 59.2 Å². The van der Waals surface area contributed by atoms with Crippen LogP contribution in [0.4, 0.5) is 0 Å². The summed E-state index contributed by atoms with van der Waals surface area (Å²) in [7, 11) is 0. The van der Waals surface area contributed by atoms with Gasteiger partial charge in [0.1, 0.15) is 0 Å². The zero-order valence-corrected chi connectivity index (χ0v) is 16.1. The molecule has 5 nitrogen and oxygen atoms in total. The molecule has 1 saturated carbocycles. The lowest BCUT2D eigenvalue weighted by atomic mass is 9.75. The molecule has 2 atom stereocenters. The van der Waals surface area contributed by atoms with Crippen molar-refractivity contribution in [3.8, 4) is 11.5 Å². The lowest BCUT2D eigenvalue weighted by molar-refractivity contribution is -0.131. The highest BCUT2D eigenvalue weighted by Crippen LogP contribution is 2.36. The molecule has 0 spiro atoms. The van der Waals surface area contributed by atoms with Crippen LogP contribution in [0.15, 0.2) is 33.9 Å². The molecule has 138 valence electrons. The van der Waals surface area contributed by atoms with Gasteiger partial charge in [0, 0.05) is 23.7 Å². The first-order chi connectivity index (χ1) is 12.7. The van der Waals surface area contributed by atoms with Gasteiger partial charge in [0.25, 0.3) is 5.22 Å². The SMILES string of the molecule is O=C(CSc1nnc(-c2cccc(Cl)c2)o1)N1CC[C@@H]2CCCC[C@H]2C1.